The fourth-order valence-electron chi connectivity index (χ4n) is 1.13. The van der Waals surface area contributed by atoms with Crippen LogP contribution < -0.4 is 0 Å². The second-order valence-electron chi connectivity index (χ2n) is 3.00. The molecule has 1 aromatic rings. The monoisotopic (exact) mass is 345 g/mol. The van der Waals surface area contributed by atoms with Gasteiger partial charge in [-0.3, -0.25) is 0 Å². The minimum absolute atomic E-state index is 0.00491. The second kappa shape index (κ2) is 7.54. The fraction of sp³-hybridized carbons (Fsp3) is 0.333. The van der Waals surface area contributed by atoms with Gasteiger partial charge in [0.2, 0.25) is 0 Å². The van der Waals surface area contributed by atoms with Crippen LogP contribution in [0.3, 0.4) is 0 Å². The summed E-state index contributed by atoms with van der Waals surface area (Å²) in [5, 5.41) is -0.00491. The van der Waals surface area contributed by atoms with Crippen LogP contribution in [-0.2, 0) is 28.2 Å². The quantitative estimate of drug-likeness (QED) is 0.324. The molecular formula is C9H11ClO6PS2+. The van der Waals surface area contributed by atoms with E-state index in [4.69, 9.17) is 11.6 Å². The van der Waals surface area contributed by atoms with E-state index in [1.54, 1.807) is 12.1 Å². The number of halogens is 1. The Balaban J connectivity index is 3.09. The van der Waals surface area contributed by atoms with Gasteiger partial charge in [0.15, 0.2) is 0 Å². The Kier molecular flexibility index (Phi) is 6.68. The average molecular weight is 346 g/mol. The number of rotatable bonds is 7. The van der Waals surface area contributed by atoms with Crippen LogP contribution >= 0.6 is 31.6 Å². The van der Waals surface area contributed by atoms with Crippen molar-refractivity contribution in [2.75, 3.05) is 12.9 Å². The lowest BCUT2D eigenvalue weighted by molar-refractivity contribution is -0.0963. The van der Waals surface area contributed by atoms with Gasteiger partial charge in [-0.25, -0.2) is 0 Å². The zero-order valence-corrected chi connectivity index (χ0v) is 13.3. The van der Waals surface area contributed by atoms with Crippen LogP contribution in [0.1, 0.15) is 6.92 Å². The summed E-state index contributed by atoms with van der Waals surface area (Å²) in [7, 11) is -5.86. The predicted molar refractivity (Wildman–Crippen MR) is 71.8 cm³/mol. The third-order valence-corrected chi connectivity index (χ3v) is 5.09. The highest BCUT2D eigenvalue weighted by molar-refractivity contribution is 8.00. The Labute approximate surface area is 121 Å². The molecule has 19 heavy (non-hydrogen) atoms. The van der Waals surface area contributed by atoms with Gasteiger partial charge in [0.1, 0.15) is 4.90 Å². The van der Waals surface area contributed by atoms with Crippen LogP contribution in [0.5, 0.6) is 0 Å². The lowest BCUT2D eigenvalue weighted by Crippen LogP contribution is -2.07. The Bertz CT molecular complexity index is 562. The summed E-state index contributed by atoms with van der Waals surface area (Å²) in [6, 6.07) is 4.62. The molecule has 0 radical (unpaired) electrons. The lowest BCUT2D eigenvalue weighted by atomic mass is 10.4. The van der Waals surface area contributed by atoms with Gasteiger partial charge in [-0.2, -0.15) is 8.42 Å². The van der Waals surface area contributed by atoms with E-state index >= 15 is 0 Å². The van der Waals surface area contributed by atoms with Crippen molar-refractivity contribution in [3.8, 4) is 0 Å². The van der Waals surface area contributed by atoms with Crippen LogP contribution in [-0.4, -0.2) is 21.3 Å². The summed E-state index contributed by atoms with van der Waals surface area (Å²) < 4.78 is 47.3. The molecule has 0 amide bonds. The summed E-state index contributed by atoms with van der Waals surface area (Å²) in [5.74, 6) is 0.649. The summed E-state index contributed by atoms with van der Waals surface area (Å²) in [5.41, 5.74) is 0. The summed E-state index contributed by atoms with van der Waals surface area (Å²) in [6.07, 6.45) is 0. The molecule has 0 aromatic heterocycles. The number of thioether (sulfide) groups is 1. The highest BCUT2D eigenvalue weighted by Crippen LogP contribution is 2.35. The molecular weight excluding hydrogens is 335 g/mol. The normalized spacial score (nSPS) is 12.5. The van der Waals surface area contributed by atoms with E-state index in [1.807, 2.05) is 6.92 Å². The van der Waals surface area contributed by atoms with Crippen molar-refractivity contribution < 1.29 is 26.5 Å². The van der Waals surface area contributed by atoms with Gasteiger partial charge in [0, 0.05) is 9.46 Å². The number of hydrogen-bond donors (Lipinski definition) is 0. The molecule has 0 aliphatic rings. The molecule has 0 spiro atoms. The Morgan fingerprint density at radius 3 is 2.68 bits per heavy atom. The van der Waals surface area contributed by atoms with Crippen molar-refractivity contribution in [1.82, 2.24) is 0 Å². The minimum atomic E-state index is -4.29. The van der Waals surface area contributed by atoms with E-state index in [1.165, 1.54) is 17.8 Å². The van der Waals surface area contributed by atoms with E-state index in [2.05, 4.69) is 13.5 Å². The van der Waals surface area contributed by atoms with E-state index in [9.17, 15) is 13.0 Å². The van der Waals surface area contributed by atoms with Gasteiger partial charge in [-0.15, -0.1) is 16.3 Å². The van der Waals surface area contributed by atoms with Crippen molar-refractivity contribution in [2.24, 2.45) is 0 Å². The minimum Gasteiger partial charge on any atom is -0.191 e. The molecule has 0 aliphatic heterocycles. The highest BCUT2D eigenvalue weighted by Gasteiger charge is 2.30. The zero-order chi connectivity index (χ0) is 14.5. The van der Waals surface area contributed by atoms with Crippen molar-refractivity contribution in [1.29, 1.82) is 0 Å². The topological polar surface area (TPSA) is 78.9 Å². The van der Waals surface area contributed by atoms with Crippen LogP contribution in [0.25, 0.3) is 0 Å². The first kappa shape index (κ1) is 16.8. The largest absolute Gasteiger partial charge is 0.729 e. The van der Waals surface area contributed by atoms with Crippen LogP contribution in [0.4, 0.5) is 0 Å². The van der Waals surface area contributed by atoms with Crippen molar-refractivity contribution >= 4 is 41.7 Å². The molecule has 0 N–H and O–H groups in total. The Morgan fingerprint density at radius 1 is 1.42 bits per heavy atom. The first-order chi connectivity index (χ1) is 8.92. The maximum atomic E-state index is 11.9. The van der Waals surface area contributed by atoms with Gasteiger partial charge >= 0.3 is 18.4 Å². The first-order valence-electron chi connectivity index (χ1n) is 4.96. The van der Waals surface area contributed by atoms with Crippen LogP contribution in [0.2, 0.25) is 5.02 Å². The fourth-order valence-corrected chi connectivity index (χ4v) is 4.12. The maximum absolute atomic E-state index is 11.9. The van der Waals surface area contributed by atoms with E-state index in [-0.39, 0.29) is 9.92 Å². The predicted octanol–water partition coefficient (Wildman–Crippen LogP) is 3.39. The molecule has 0 saturated carbocycles. The molecule has 0 saturated heterocycles. The smallest absolute Gasteiger partial charge is 0.191 e. The van der Waals surface area contributed by atoms with E-state index < -0.39 is 18.4 Å². The third-order valence-electron chi connectivity index (χ3n) is 1.81. The van der Waals surface area contributed by atoms with Crippen molar-refractivity contribution in [2.45, 2.75) is 16.7 Å². The molecule has 0 aliphatic carbocycles. The van der Waals surface area contributed by atoms with Gasteiger partial charge in [0.25, 0.3) is 0 Å². The van der Waals surface area contributed by atoms with E-state index in [0.717, 1.165) is 7.11 Å². The summed E-state index contributed by atoms with van der Waals surface area (Å²) in [6.45, 7) is 1.86. The summed E-state index contributed by atoms with van der Waals surface area (Å²) >= 11 is 7.15. The molecule has 1 aromatic carbocycles. The van der Waals surface area contributed by atoms with Gasteiger partial charge in [0.05, 0.1) is 16.8 Å². The lowest BCUT2D eigenvalue weighted by Gasteiger charge is -2.08. The van der Waals surface area contributed by atoms with Crippen LogP contribution in [0, 0.1) is 0 Å². The average Bonchev–Trinajstić information content (AvgIpc) is 2.36. The van der Waals surface area contributed by atoms with Crippen molar-refractivity contribution in [3.63, 3.8) is 0 Å². The Hall–Kier alpha value is -0.210. The molecule has 6 nitrogen and oxygen atoms in total. The molecule has 1 atom stereocenters. The molecule has 1 rings (SSSR count). The molecule has 1 unspecified atom stereocenters. The third kappa shape index (κ3) is 4.68. The van der Waals surface area contributed by atoms with Gasteiger partial charge in [-0.1, -0.05) is 28.9 Å². The standard InChI is InChI=1S/C9H11ClO6PS2/c1-3-18-8-6-4-5-7(10)9(8)19(12,13)16-15-17(11)14-2/h4-6H,3H2,1-2H3/q+1. The molecule has 0 bridgehead atoms. The molecule has 106 valence electrons. The number of benzene rings is 1. The maximum Gasteiger partial charge on any atom is 0.729 e. The van der Waals surface area contributed by atoms with Gasteiger partial charge in [-0.05, 0) is 17.9 Å². The first-order valence-corrected chi connectivity index (χ1v) is 8.83. The molecule has 0 heterocycles. The van der Waals surface area contributed by atoms with E-state index in [0.29, 0.717) is 10.6 Å². The van der Waals surface area contributed by atoms with Gasteiger partial charge < -0.3 is 0 Å². The molecule has 10 heteroatoms. The Morgan fingerprint density at radius 2 is 2.11 bits per heavy atom. The highest BCUT2D eigenvalue weighted by atomic mass is 35.5. The number of hydrogen-bond acceptors (Lipinski definition) is 7. The van der Waals surface area contributed by atoms with Crippen LogP contribution in [0.15, 0.2) is 28.0 Å². The van der Waals surface area contributed by atoms with Crippen molar-refractivity contribution in [3.05, 3.63) is 23.2 Å². The SMILES string of the molecule is CCSc1cccc(Cl)c1S(=O)(=O)OO[P+](=O)OC. The zero-order valence-electron chi connectivity index (χ0n) is 10.0. The molecule has 0 fully saturated rings. The second-order valence-corrected chi connectivity index (χ2v) is 7.13. The summed E-state index contributed by atoms with van der Waals surface area (Å²) in [4.78, 5) is 0.203.